The standard InChI is InChI=1S/C11H14N4S/c1-15-6-7(5-13-15)11-14-9-4-2-3-8(12)10(9)16-11/h5-6,8H,2-4,12H2,1H3. The molecule has 0 saturated heterocycles. The van der Waals surface area contributed by atoms with Crippen LogP contribution in [0.2, 0.25) is 0 Å². The first-order valence-corrected chi connectivity index (χ1v) is 6.30. The number of aryl methyl sites for hydroxylation is 2. The molecule has 0 aliphatic heterocycles. The van der Waals surface area contributed by atoms with Crippen LogP contribution in [0.3, 0.4) is 0 Å². The lowest BCUT2D eigenvalue weighted by atomic mass is 9.99. The molecule has 0 aromatic carbocycles. The van der Waals surface area contributed by atoms with Crippen molar-refractivity contribution >= 4 is 11.3 Å². The van der Waals surface area contributed by atoms with Crippen molar-refractivity contribution in [3.8, 4) is 10.6 Å². The Balaban J connectivity index is 2.04. The first kappa shape index (κ1) is 9.99. The van der Waals surface area contributed by atoms with Gasteiger partial charge in [-0.2, -0.15) is 5.10 Å². The predicted octanol–water partition coefficient (Wildman–Crippen LogP) is 1.88. The van der Waals surface area contributed by atoms with Gasteiger partial charge in [-0.3, -0.25) is 4.68 Å². The molecule has 2 aromatic rings. The summed E-state index contributed by atoms with van der Waals surface area (Å²) in [5.41, 5.74) is 8.38. The molecule has 0 radical (unpaired) electrons. The van der Waals surface area contributed by atoms with Crippen LogP contribution in [0, 0.1) is 0 Å². The summed E-state index contributed by atoms with van der Waals surface area (Å²) in [6.45, 7) is 0. The SMILES string of the molecule is Cn1cc(-c2nc3c(s2)C(N)CCC3)cn1. The summed E-state index contributed by atoms with van der Waals surface area (Å²) in [5.74, 6) is 0. The van der Waals surface area contributed by atoms with E-state index in [2.05, 4.69) is 10.1 Å². The lowest BCUT2D eigenvalue weighted by Gasteiger charge is -2.15. The van der Waals surface area contributed by atoms with Gasteiger partial charge in [0.15, 0.2) is 0 Å². The number of fused-ring (bicyclic) bond motifs is 1. The Labute approximate surface area is 98.1 Å². The van der Waals surface area contributed by atoms with E-state index < -0.39 is 0 Å². The van der Waals surface area contributed by atoms with Crippen LogP contribution < -0.4 is 5.73 Å². The molecule has 2 aromatic heterocycles. The normalized spacial score (nSPS) is 19.8. The zero-order chi connectivity index (χ0) is 11.1. The van der Waals surface area contributed by atoms with E-state index in [-0.39, 0.29) is 6.04 Å². The highest BCUT2D eigenvalue weighted by Crippen LogP contribution is 2.36. The molecular weight excluding hydrogens is 220 g/mol. The summed E-state index contributed by atoms with van der Waals surface area (Å²) in [6.07, 6.45) is 7.16. The highest BCUT2D eigenvalue weighted by molar-refractivity contribution is 7.15. The number of aromatic nitrogens is 3. The largest absolute Gasteiger partial charge is 0.323 e. The number of hydrogen-bond acceptors (Lipinski definition) is 4. The third kappa shape index (κ3) is 1.56. The third-order valence-electron chi connectivity index (χ3n) is 2.94. The molecule has 0 spiro atoms. The summed E-state index contributed by atoms with van der Waals surface area (Å²) < 4.78 is 1.80. The minimum atomic E-state index is 0.187. The van der Waals surface area contributed by atoms with Gasteiger partial charge in [0.25, 0.3) is 0 Å². The van der Waals surface area contributed by atoms with Crippen LogP contribution >= 0.6 is 11.3 Å². The third-order valence-corrected chi connectivity index (χ3v) is 4.22. The maximum absolute atomic E-state index is 6.09. The maximum atomic E-state index is 6.09. The topological polar surface area (TPSA) is 56.7 Å². The molecule has 5 heteroatoms. The first-order valence-electron chi connectivity index (χ1n) is 5.48. The van der Waals surface area contributed by atoms with Gasteiger partial charge >= 0.3 is 0 Å². The van der Waals surface area contributed by atoms with Gasteiger partial charge in [-0.1, -0.05) is 0 Å². The molecule has 1 unspecified atom stereocenters. The Morgan fingerprint density at radius 1 is 1.56 bits per heavy atom. The molecule has 3 rings (SSSR count). The second kappa shape index (κ2) is 3.68. The van der Waals surface area contributed by atoms with E-state index >= 15 is 0 Å². The van der Waals surface area contributed by atoms with E-state index in [1.54, 1.807) is 16.0 Å². The lowest BCUT2D eigenvalue weighted by Crippen LogP contribution is -2.15. The van der Waals surface area contributed by atoms with E-state index in [1.165, 1.54) is 10.6 Å². The van der Waals surface area contributed by atoms with E-state index in [0.29, 0.717) is 0 Å². The Bertz CT molecular complexity index is 514. The zero-order valence-corrected chi connectivity index (χ0v) is 10.00. The fourth-order valence-electron chi connectivity index (χ4n) is 2.11. The Morgan fingerprint density at radius 3 is 3.12 bits per heavy atom. The van der Waals surface area contributed by atoms with Gasteiger partial charge in [-0.05, 0) is 19.3 Å². The van der Waals surface area contributed by atoms with Crippen molar-refractivity contribution in [2.45, 2.75) is 25.3 Å². The van der Waals surface area contributed by atoms with Gasteiger partial charge in [0, 0.05) is 29.7 Å². The van der Waals surface area contributed by atoms with Crippen LogP contribution in [0.4, 0.5) is 0 Å². The van der Waals surface area contributed by atoms with E-state index in [1.807, 2.05) is 19.4 Å². The highest BCUT2D eigenvalue weighted by atomic mass is 32.1. The van der Waals surface area contributed by atoms with Crippen LogP contribution in [0.5, 0.6) is 0 Å². The van der Waals surface area contributed by atoms with Crippen LogP contribution in [0.25, 0.3) is 10.6 Å². The van der Waals surface area contributed by atoms with Crippen molar-refractivity contribution in [1.29, 1.82) is 0 Å². The molecule has 16 heavy (non-hydrogen) atoms. The van der Waals surface area contributed by atoms with Gasteiger partial charge in [-0.15, -0.1) is 11.3 Å². The van der Waals surface area contributed by atoms with Gasteiger partial charge in [0.1, 0.15) is 5.01 Å². The Morgan fingerprint density at radius 2 is 2.44 bits per heavy atom. The number of nitrogens with zero attached hydrogens (tertiary/aromatic N) is 3. The molecule has 1 aliphatic rings. The van der Waals surface area contributed by atoms with Crippen molar-refractivity contribution in [2.75, 3.05) is 0 Å². The van der Waals surface area contributed by atoms with Gasteiger partial charge in [-0.25, -0.2) is 4.98 Å². The maximum Gasteiger partial charge on any atom is 0.127 e. The molecule has 4 nitrogen and oxygen atoms in total. The average molecular weight is 234 g/mol. The van der Waals surface area contributed by atoms with E-state index in [4.69, 9.17) is 5.73 Å². The predicted molar refractivity (Wildman–Crippen MR) is 64.2 cm³/mol. The van der Waals surface area contributed by atoms with E-state index in [0.717, 1.165) is 29.8 Å². The van der Waals surface area contributed by atoms with Crippen molar-refractivity contribution < 1.29 is 0 Å². The zero-order valence-electron chi connectivity index (χ0n) is 9.18. The van der Waals surface area contributed by atoms with Crippen LogP contribution in [-0.2, 0) is 13.5 Å². The fourth-order valence-corrected chi connectivity index (χ4v) is 3.23. The molecule has 1 aliphatic carbocycles. The molecule has 0 saturated carbocycles. The molecule has 0 bridgehead atoms. The van der Waals surface area contributed by atoms with Crippen molar-refractivity contribution in [3.63, 3.8) is 0 Å². The summed E-state index contributed by atoms with van der Waals surface area (Å²) in [7, 11) is 1.92. The number of thiazole rings is 1. The fraction of sp³-hybridized carbons (Fsp3) is 0.455. The quantitative estimate of drug-likeness (QED) is 0.819. The first-order chi connectivity index (χ1) is 7.74. The Hall–Kier alpha value is -1.20. The number of hydrogen-bond donors (Lipinski definition) is 1. The highest BCUT2D eigenvalue weighted by Gasteiger charge is 2.22. The Kier molecular flexibility index (Phi) is 2.29. The minimum Gasteiger partial charge on any atom is -0.323 e. The summed E-state index contributed by atoms with van der Waals surface area (Å²) in [4.78, 5) is 5.94. The second-order valence-corrected chi connectivity index (χ2v) is 5.26. The molecule has 2 N–H and O–H groups in total. The van der Waals surface area contributed by atoms with Gasteiger partial charge in [0.2, 0.25) is 0 Å². The summed E-state index contributed by atoms with van der Waals surface area (Å²) >= 11 is 1.72. The van der Waals surface area contributed by atoms with Crippen LogP contribution in [-0.4, -0.2) is 14.8 Å². The average Bonchev–Trinajstić information content (AvgIpc) is 2.84. The van der Waals surface area contributed by atoms with Crippen molar-refractivity contribution in [2.24, 2.45) is 12.8 Å². The van der Waals surface area contributed by atoms with Crippen molar-refractivity contribution in [3.05, 3.63) is 23.0 Å². The molecular formula is C11H14N4S. The van der Waals surface area contributed by atoms with Crippen LogP contribution in [0.1, 0.15) is 29.5 Å². The molecule has 2 heterocycles. The van der Waals surface area contributed by atoms with Crippen LogP contribution in [0.15, 0.2) is 12.4 Å². The van der Waals surface area contributed by atoms with Crippen molar-refractivity contribution in [1.82, 2.24) is 14.8 Å². The summed E-state index contributed by atoms with van der Waals surface area (Å²) in [5, 5.41) is 5.22. The lowest BCUT2D eigenvalue weighted by molar-refractivity contribution is 0.573. The van der Waals surface area contributed by atoms with E-state index in [9.17, 15) is 0 Å². The van der Waals surface area contributed by atoms with Gasteiger partial charge in [0.05, 0.1) is 11.9 Å². The molecule has 0 amide bonds. The molecule has 0 fully saturated rings. The number of rotatable bonds is 1. The monoisotopic (exact) mass is 234 g/mol. The summed E-state index contributed by atoms with van der Waals surface area (Å²) in [6, 6.07) is 0.187. The molecule has 1 atom stereocenters. The second-order valence-electron chi connectivity index (χ2n) is 4.23. The van der Waals surface area contributed by atoms with Gasteiger partial charge < -0.3 is 5.73 Å². The molecule has 84 valence electrons. The number of nitrogens with two attached hydrogens (primary N) is 1. The smallest absolute Gasteiger partial charge is 0.127 e. The minimum absolute atomic E-state index is 0.187.